The molecule has 0 aromatic heterocycles. The van der Waals surface area contributed by atoms with Gasteiger partial charge in [-0.3, -0.25) is 0 Å². The smallest absolute Gasteiger partial charge is 0.554 e. The Bertz CT molecular complexity index is 49.7. The summed E-state index contributed by atoms with van der Waals surface area (Å²) >= 11 is 0. The molecule has 0 aromatic carbocycles. The van der Waals surface area contributed by atoms with Crippen molar-refractivity contribution in [3.05, 3.63) is 0 Å². The van der Waals surface area contributed by atoms with E-state index < -0.39 is 19.4 Å². The van der Waals surface area contributed by atoms with Gasteiger partial charge in [0.05, 0.1) is 0 Å². The summed E-state index contributed by atoms with van der Waals surface area (Å²) in [7, 11) is 0. The quantitative estimate of drug-likeness (QED) is 0.411. The first-order valence-electron chi connectivity index (χ1n) is 1.41. The normalized spacial score (nSPS) is 3.60. The van der Waals surface area contributed by atoms with Crippen LogP contribution in [0.3, 0.4) is 0 Å². The Morgan fingerprint density at radius 2 is 0.700 bits per heavy atom. The van der Waals surface area contributed by atoms with Gasteiger partial charge in [-0.25, -0.2) is 0 Å². The Kier molecular flexibility index (Phi) is 218. The predicted molar refractivity (Wildman–Crippen MR) is 18.2 cm³/mol. The van der Waals surface area contributed by atoms with Gasteiger partial charge in [-0.1, -0.05) is 0 Å². The zero-order chi connectivity index (χ0) is 8.12. The molecule has 0 unspecified atom stereocenters. The van der Waals surface area contributed by atoms with Crippen LogP contribution in [0.5, 0.6) is 0 Å². The fourth-order valence-electron chi connectivity index (χ4n) is 0. The van der Waals surface area contributed by atoms with Crippen molar-refractivity contribution in [3.63, 3.8) is 0 Å². The zero-order valence-corrected chi connectivity index (χ0v) is 6.91. The first-order valence-corrected chi connectivity index (χ1v) is 1.41. The van der Waals surface area contributed by atoms with E-state index in [-0.39, 0.29) is 20.1 Å². The van der Waals surface area contributed by atoms with E-state index in [0.29, 0.717) is 0 Å². The van der Waals surface area contributed by atoms with Crippen molar-refractivity contribution in [2.24, 2.45) is 0 Å². The minimum atomic E-state index is -0.500. The Labute approximate surface area is 69.8 Å². The number of carbonyl (C=O) groups excluding carboxylic acids is 3. The van der Waals surface area contributed by atoms with Crippen molar-refractivity contribution in [1.82, 2.24) is 0 Å². The second-order valence-electron chi connectivity index (χ2n) is 0.289. The molecule has 0 heterocycles. The average Bonchev–Trinajstić information content (AvgIpc) is 1.70. The van der Waals surface area contributed by atoms with Crippen LogP contribution < -0.4 is 15.3 Å². The van der Waals surface area contributed by atoms with Crippen LogP contribution >= 0.6 is 0 Å². The SMILES string of the molecule is O=C[O-].O=C[O-].O=C[O-].[Ir+3]. The van der Waals surface area contributed by atoms with E-state index >= 15 is 0 Å². The molecular weight excluding hydrogens is 324 g/mol. The summed E-state index contributed by atoms with van der Waals surface area (Å²) < 4.78 is 0. The van der Waals surface area contributed by atoms with E-state index in [1.54, 1.807) is 0 Å². The van der Waals surface area contributed by atoms with Crippen LogP contribution in [-0.2, 0) is 34.5 Å². The van der Waals surface area contributed by atoms with Crippen LogP contribution in [0.1, 0.15) is 0 Å². The fraction of sp³-hybridized carbons (Fsp3) is 0. The van der Waals surface area contributed by atoms with Crippen LogP contribution in [0.4, 0.5) is 0 Å². The average molecular weight is 327 g/mol. The van der Waals surface area contributed by atoms with Crippen molar-refractivity contribution in [2.75, 3.05) is 0 Å². The number of hydrogen-bond acceptors (Lipinski definition) is 6. The Morgan fingerprint density at radius 1 is 0.700 bits per heavy atom. The third kappa shape index (κ3) is 293. The zero-order valence-electron chi connectivity index (χ0n) is 4.51. The van der Waals surface area contributed by atoms with Gasteiger partial charge in [-0.2, -0.15) is 0 Å². The summed E-state index contributed by atoms with van der Waals surface area (Å²) in [5, 5.41) is 24.8. The molecule has 10 heavy (non-hydrogen) atoms. The van der Waals surface area contributed by atoms with Crippen LogP contribution in [0.2, 0.25) is 0 Å². The van der Waals surface area contributed by atoms with Crippen molar-refractivity contribution >= 4 is 19.4 Å². The predicted octanol–water partition coefficient (Wildman–Crippen LogP) is -4.90. The summed E-state index contributed by atoms with van der Waals surface area (Å²) in [6, 6.07) is 0. The van der Waals surface area contributed by atoms with Crippen LogP contribution in [0, 0.1) is 0 Å². The molecule has 0 N–H and O–H groups in total. The van der Waals surface area contributed by atoms with Gasteiger partial charge in [0.25, 0.3) is 0 Å². The molecule has 0 aliphatic heterocycles. The van der Waals surface area contributed by atoms with Crippen molar-refractivity contribution in [1.29, 1.82) is 0 Å². The second-order valence-corrected chi connectivity index (χ2v) is 0.289. The van der Waals surface area contributed by atoms with E-state index in [9.17, 15) is 0 Å². The number of carbonyl (C=O) groups is 3. The third-order valence-corrected chi connectivity index (χ3v) is 0. The van der Waals surface area contributed by atoms with Crippen LogP contribution in [0.15, 0.2) is 0 Å². The number of carboxylic acid groups (broad SMARTS) is 3. The maximum absolute atomic E-state index is 8.25. The van der Waals surface area contributed by atoms with Gasteiger partial charge in [0.15, 0.2) is 0 Å². The first kappa shape index (κ1) is 23.0. The summed E-state index contributed by atoms with van der Waals surface area (Å²) in [6.45, 7) is -1.50. The summed E-state index contributed by atoms with van der Waals surface area (Å²) in [4.78, 5) is 24.8. The van der Waals surface area contributed by atoms with E-state index in [4.69, 9.17) is 29.7 Å². The molecule has 0 aromatic rings. The summed E-state index contributed by atoms with van der Waals surface area (Å²) in [5.74, 6) is 0. The molecule has 0 aliphatic rings. The molecule has 0 saturated carbocycles. The largest absolute Gasteiger partial charge is 3.00 e. The van der Waals surface area contributed by atoms with Gasteiger partial charge in [-0.15, -0.1) is 0 Å². The van der Waals surface area contributed by atoms with Crippen LogP contribution in [0.25, 0.3) is 0 Å². The Hall–Kier alpha value is -0.941. The molecular formula is C3H3IrO6. The number of rotatable bonds is 0. The monoisotopic (exact) mass is 328 g/mol. The molecule has 0 bridgehead atoms. The maximum atomic E-state index is 8.25. The van der Waals surface area contributed by atoms with E-state index in [0.717, 1.165) is 0 Å². The van der Waals surface area contributed by atoms with Crippen molar-refractivity contribution in [2.45, 2.75) is 0 Å². The molecule has 0 fully saturated rings. The Balaban J connectivity index is -0.0000000257. The molecule has 0 spiro atoms. The second kappa shape index (κ2) is 94.7. The molecule has 7 heteroatoms. The Morgan fingerprint density at radius 3 is 0.700 bits per heavy atom. The first-order chi connectivity index (χ1) is 4.24. The fourth-order valence-corrected chi connectivity index (χ4v) is 0. The molecule has 6 nitrogen and oxygen atoms in total. The van der Waals surface area contributed by atoms with Gasteiger partial charge in [0.2, 0.25) is 0 Å². The minimum absolute atomic E-state index is 0. The molecule has 60 valence electrons. The van der Waals surface area contributed by atoms with Crippen molar-refractivity contribution in [3.8, 4) is 0 Å². The molecule has 0 radical (unpaired) electrons. The molecule has 0 amide bonds. The van der Waals surface area contributed by atoms with Gasteiger partial charge in [0, 0.05) is 19.4 Å². The van der Waals surface area contributed by atoms with Gasteiger partial charge in [0.1, 0.15) is 0 Å². The molecule has 0 saturated heterocycles. The van der Waals surface area contributed by atoms with Crippen LogP contribution in [-0.4, -0.2) is 19.4 Å². The molecule has 0 aliphatic carbocycles. The van der Waals surface area contributed by atoms with E-state index in [2.05, 4.69) is 0 Å². The van der Waals surface area contributed by atoms with E-state index in [1.165, 1.54) is 0 Å². The van der Waals surface area contributed by atoms with Gasteiger partial charge in [-0.05, 0) is 0 Å². The third-order valence-electron chi connectivity index (χ3n) is 0. The molecule has 0 atom stereocenters. The summed E-state index contributed by atoms with van der Waals surface area (Å²) in [6.07, 6.45) is 0. The summed E-state index contributed by atoms with van der Waals surface area (Å²) in [5.41, 5.74) is 0. The number of hydrogen-bond donors (Lipinski definition) is 0. The van der Waals surface area contributed by atoms with Crippen molar-refractivity contribution < 1.29 is 49.8 Å². The van der Waals surface area contributed by atoms with Gasteiger partial charge < -0.3 is 29.7 Å². The van der Waals surface area contributed by atoms with Gasteiger partial charge >= 0.3 is 20.1 Å². The van der Waals surface area contributed by atoms with E-state index in [1.807, 2.05) is 0 Å². The molecule has 0 rings (SSSR count). The standard InChI is InChI=1S/3CH2O2.Ir/c3*2-1-3;/h3*1H,(H,2,3);/q;;;+3/p-3. The minimum Gasteiger partial charge on any atom is -0.554 e. The maximum Gasteiger partial charge on any atom is 3.00 e. The topological polar surface area (TPSA) is 120 Å².